The van der Waals surface area contributed by atoms with Crippen LogP contribution < -0.4 is 4.74 Å². The number of allylic oxidation sites excluding steroid dienone is 2. The van der Waals surface area contributed by atoms with E-state index in [9.17, 15) is 22.0 Å². The van der Waals surface area contributed by atoms with Crippen molar-refractivity contribution in [1.29, 1.82) is 0 Å². The summed E-state index contributed by atoms with van der Waals surface area (Å²) in [5.74, 6) is 2.08. The normalized spacial score (nSPS) is 21.0. The smallest absolute Gasteiger partial charge is 0.399 e. The SMILES string of the molecule is CC[C@H]1CC[C@H](C=CC#Cc2cc(F)c(OC(F)(F)F)c(F)c2)CC1. The number of ether oxygens (including phenoxy) is 1. The Morgan fingerprint density at radius 2 is 1.72 bits per heavy atom. The van der Waals surface area contributed by atoms with E-state index in [0.717, 1.165) is 30.9 Å². The van der Waals surface area contributed by atoms with Crippen molar-refractivity contribution < 1.29 is 26.7 Å². The molecule has 136 valence electrons. The van der Waals surface area contributed by atoms with Crippen LogP contribution >= 0.6 is 0 Å². The van der Waals surface area contributed by atoms with Crippen LogP contribution in [0.3, 0.4) is 0 Å². The summed E-state index contributed by atoms with van der Waals surface area (Å²) in [5, 5.41) is 0. The van der Waals surface area contributed by atoms with Gasteiger partial charge in [0, 0.05) is 5.56 Å². The molecule has 1 fully saturated rings. The topological polar surface area (TPSA) is 9.23 Å². The Hall–Kier alpha value is -2.03. The van der Waals surface area contributed by atoms with Gasteiger partial charge < -0.3 is 4.74 Å². The zero-order valence-electron chi connectivity index (χ0n) is 13.8. The van der Waals surface area contributed by atoms with E-state index >= 15 is 0 Å². The molecule has 0 aromatic heterocycles. The highest BCUT2D eigenvalue weighted by atomic mass is 19.4. The quantitative estimate of drug-likeness (QED) is 0.476. The zero-order valence-corrected chi connectivity index (χ0v) is 13.8. The fourth-order valence-corrected chi connectivity index (χ4v) is 2.94. The second kappa shape index (κ2) is 8.37. The summed E-state index contributed by atoms with van der Waals surface area (Å²) < 4.78 is 66.7. The molecule has 0 saturated heterocycles. The minimum Gasteiger partial charge on any atom is -0.399 e. The molecule has 0 bridgehead atoms. The summed E-state index contributed by atoms with van der Waals surface area (Å²) in [7, 11) is 0. The first kappa shape index (κ1) is 19.3. The summed E-state index contributed by atoms with van der Waals surface area (Å²) in [6, 6.07) is 1.44. The Morgan fingerprint density at radius 3 is 2.24 bits per heavy atom. The minimum atomic E-state index is -5.16. The van der Waals surface area contributed by atoms with Crippen LogP contribution in [0, 0.1) is 35.3 Å². The van der Waals surface area contributed by atoms with E-state index in [1.165, 1.54) is 19.3 Å². The molecule has 1 saturated carbocycles. The molecule has 0 heterocycles. The molecule has 1 aromatic rings. The molecule has 0 radical (unpaired) electrons. The Kier molecular flexibility index (Phi) is 6.46. The van der Waals surface area contributed by atoms with Gasteiger partial charge in [0.1, 0.15) is 0 Å². The predicted molar refractivity (Wildman–Crippen MR) is 84.8 cm³/mol. The van der Waals surface area contributed by atoms with Crippen molar-refractivity contribution in [2.75, 3.05) is 0 Å². The molecule has 1 nitrogen and oxygen atoms in total. The first-order valence-corrected chi connectivity index (χ1v) is 8.21. The number of alkyl halides is 3. The fraction of sp³-hybridized carbons (Fsp3) is 0.474. The number of halogens is 5. The summed E-state index contributed by atoms with van der Waals surface area (Å²) in [4.78, 5) is 0. The maximum absolute atomic E-state index is 13.6. The zero-order chi connectivity index (χ0) is 18.4. The van der Waals surface area contributed by atoms with Crippen molar-refractivity contribution in [3.05, 3.63) is 41.5 Å². The molecule has 0 amide bonds. The summed E-state index contributed by atoms with van der Waals surface area (Å²) in [6.45, 7) is 2.19. The van der Waals surface area contributed by atoms with Crippen molar-refractivity contribution in [2.45, 2.75) is 45.4 Å². The molecule has 1 aromatic carbocycles. The van der Waals surface area contributed by atoms with Crippen LogP contribution in [0.1, 0.15) is 44.6 Å². The lowest BCUT2D eigenvalue weighted by Gasteiger charge is -2.25. The number of rotatable bonds is 3. The fourth-order valence-electron chi connectivity index (χ4n) is 2.94. The van der Waals surface area contributed by atoms with Crippen molar-refractivity contribution in [3.8, 4) is 17.6 Å². The third kappa shape index (κ3) is 6.08. The Labute approximate surface area is 143 Å². The summed E-state index contributed by atoms with van der Waals surface area (Å²) in [5.41, 5.74) is -0.0520. The van der Waals surface area contributed by atoms with E-state index in [1.807, 2.05) is 6.08 Å². The van der Waals surface area contributed by atoms with Crippen LogP contribution in [0.2, 0.25) is 0 Å². The van der Waals surface area contributed by atoms with Crippen LogP contribution in [0.4, 0.5) is 22.0 Å². The average molecular weight is 358 g/mol. The number of hydrogen-bond donors (Lipinski definition) is 0. The first-order chi connectivity index (χ1) is 11.8. The van der Waals surface area contributed by atoms with Crippen molar-refractivity contribution in [2.24, 2.45) is 11.8 Å². The van der Waals surface area contributed by atoms with Gasteiger partial charge in [-0.05, 0) is 55.7 Å². The van der Waals surface area contributed by atoms with E-state index in [-0.39, 0.29) is 5.56 Å². The average Bonchev–Trinajstić information content (AvgIpc) is 2.55. The highest BCUT2D eigenvalue weighted by Gasteiger charge is 2.34. The molecular weight excluding hydrogens is 339 g/mol. The maximum atomic E-state index is 13.6. The van der Waals surface area contributed by atoms with E-state index in [2.05, 4.69) is 23.5 Å². The van der Waals surface area contributed by atoms with Gasteiger partial charge in [0.15, 0.2) is 11.6 Å². The molecule has 0 aliphatic heterocycles. The minimum absolute atomic E-state index is 0.0520. The molecule has 25 heavy (non-hydrogen) atoms. The van der Waals surface area contributed by atoms with Crippen LogP contribution in [-0.4, -0.2) is 6.36 Å². The van der Waals surface area contributed by atoms with E-state index in [1.54, 1.807) is 6.08 Å². The predicted octanol–water partition coefficient (Wildman–Crippen LogP) is 5.99. The van der Waals surface area contributed by atoms with Crippen LogP contribution in [-0.2, 0) is 0 Å². The number of benzene rings is 1. The Morgan fingerprint density at radius 1 is 1.12 bits per heavy atom. The second-order valence-electron chi connectivity index (χ2n) is 6.13. The molecule has 0 atom stereocenters. The Balaban J connectivity index is 2.00. The summed E-state index contributed by atoms with van der Waals surface area (Å²) >= 11 is 0. The van der Waals surface area contributed by atoms with Gasteiger partial charge in [0.05, 0.1) is 0 Å². The lowest BCUT2D eigenvalue weighted by molar-refractivity contribution is -0.276. The van der Waals surface area contributed by atoms with Crippen molar-refractivity contribution in [1.82, 2.24) is 0 Å². The van der Waals surface area contributed by atoms with Gasteiger partial charge in [-0.2, -0.15) is 0 Å². The van der Waals surface area contributed by atoms with Gasteiger partial charge in [-0.3, -0.25) is 0 Å². The van der Waals surface area contributed by atoms with Gasteiger partial charge >= 0.3 is 6.36 Å². The molecule has 6 heteroatoms. The van der Waals surface area contributed by atoms with Crippen LogP contribution in [0.15, 0.2) is 24.3 Å². The van der Waals surface area contributed by atoms with Crippen molar-refractivity contribution >= 4 is 0 Å². The lowest BCUT2D eigenvalue weighted by atomic mass is 9.81. The lowest BCUT2D eigenvalue weighted by Crippen LogP contribution is -2.19. The van der Waals surface area contributed by atoms with Gasteiger partial charge in [0.2, 0.25) is 5.75 Å². The van der Waals surface area contributed by atoms with E-state index in [0.29, 0.717) is 5.92 Å². The molecule has 0 N–H and O–H groups in total. The first-order valence-electron chi connectivity index (χ1n) is 8.21. The van der Waals surface area contributed by atoms with E-state index < -0.39 is 23.7 Å². The van der Waals surface area contributed by atoms with Gasteiger partial charge in [0.25, 0.3) is 0 Å². The molecule has 0 spiro atoms. The van der Waals surface area contributed by atoms with Gasteiger partial charge in [-0.1, -0.05) is 31.3 Å². The van der Waals surface area contributed by atoms with Crippen LogP contribution in [0.25, 0.3) is 0 Å². The number of hydrogen-bond acceptors (Lipinski definition) is 1. The highest BCUT2D eigenvalue weighted by molar-refractivity contribution is 5.42. The molecule has 0 unspecified atom stereocenters. The monoisotopic (exact) mass is 358 g/mol. The molecule has 2 rings (SSSR count). The van der Waals surface area contributed by atoms with Crippen molar-refractivity contribution in [3.63, 3.8) is 0 Å². The molecule has 1 aliphatic rings. The molecule has 1 aliphatic carbocycles. The summed E-state index contributed by atoms with van der Waals surface area (Å²) in [6.07, 6.45) is 4.23. The Bertz CT molecular complexity index is 650. The highest BCUT2D eigenvalue weighted by Crippen LogP contribution is 2.31. The third-order valence-corrected chi connectivity index (χ3v) is 4.35. The maximum Gasteiger partial charge on any atom is 0.573 e. The standard InChI is InChI=1S/C19H19F5O/c1-2-13-7-9-14(10-8-13)5-3-4-6-15-11-16(20)18(17(21)12-15)25-19(22,23)24/h3,5,11-14H,2,7-10H2,1H3/t13-,14-. The largest absolute Gasteiger partial charge is 0.573 e. The van der Waals surface area contributed by atoms with E-state index in [4.69, 9.17) is 0 Å². The third-order valence-electron chi connectivity index (χ3n) is 4.35. The van der Waals surface area contributed by atoms with Gasteiger partial charge in [-0.25, -0.2) is 8.78 Å². The second-order valence-corrected chi connectivity index (χ2v) is 6.13. The van der Waals surface area contributed by atoms with Crippen LogP contribution in [0.5, 0.6) is 5.75 Å². The van der Waals surface area contributed by atoms with Gasteiger partial charge in [-0.15, -0.1) is 13.2 Å². The molecular formula is C19H19F5O.